The van der Waals surface area contributed by atoms with Crippen LogP contribution in [0.2, 0.25) is 0 Å². The molecule has 0 bridgehead atoms. The van der Waals surface area contributed by atoms with Gasteiger partial charge in [0.25, 0.3) is 5.91 Å². The Morgan fingerprint density at radius 3 is 3.16 bits per heavy atom. The second-order valence-electron chi connectivity index (χ2n) is 4.23. The number of fused-ring (bicyclic) bond motifs is 1. The van der Waals surface area contributed by atoms with Crippen LogP contribution < -0.4 is 5.32 Å². The fourth-order valence-electron chi connectivity index (χ4n) is 1.93. The van der Waals surface area contributed by atoms with E-state index in [2.05, 4.69) is 10.3 Å². The maximum atomic E-state index is 12.0. The number of carbonyl (C=O) groups is 1. The first-order chi connectivity index (χ1) is 9.33. The Morgan fingerprint density at radius 1 is 1.37 bits per heavy atom. The van der Waals surface area contributed by atoms with Gasteiger partial charge in [0.05, 0.1) is 6.33 Å². The van der Waals surface area contributed by atoms with Gasteiger partial charge >= 0.3 is 0 Å². The van der Waals surface area contributed by atoms with Crippen LogP contribution in [-0.4, -0.2) is 22.0 Å². The highest BCUT2D eigenvalue weighted by molar-refractivity contribution is 7.17. The number of nitrogens with zero attached hydrogens (tertiary/aromatic N) is 2. The van der Waals surface area contributed by atoms with Crippen LogP contribution in [0.1, 0.15) is 10.4 Å². The number of benzene rings is 1. The minimum Gasteiger partial charge on any atom is -0.350 e. The summed E-state index contributed by atoms with van der Waals surface area (Å²) in [4.78, 5) is 16.0. The quantitative estimate of drug-likeness (QED) is 0.792. The molecule has 0 saturated heterocycles. The monoisotopic (exact) mass is 271 g/mol. The Balaban J connectivity index is 1.63. The third kappa shape index (κ3) is 2.66. The molecule has 19 heavy (non-hydrogen) atoms. The maximum Gasteiger partial charge on any atom is 0.251 e. The maximum absolute atomic E-state index is 12.0. The topological polar surface area (TPSA) is 46.9 Å². The zero-order valence-electron chi connectivity index (χ0n) is 10.2. The van der Waals surface area contributed by atoms with Crippen molar-refractivity contribution < 1.29 is 4.79 Å². The van der Waals surface area contributed by atoms with E-state index in [1.807, 2.05) is 40.4 Å². The normalized spacial score (nSPS) is 10.7. The zero-order valence-corrected chi connectivity index (χ0v) is 11.1. The van der Waals surface area contributed by atoms with Crippen LogP contribution >= 0.6 is 11.3 Å². The summed E-state index contributed by atoms with van der Waals surface area (Å²) in [6.07, 6.45) is 5.35. The van der Waals surface area contributed by atoms with Gasteiger partial charge in [0.2, 0.25) is 0 Å². The van der Waals surface area contributed by atoms with Crippen LogP contribution in [0, 0.1) is 0 Å². The number of amides is 1. The van der Waals surface area contributed by atoms with Crippen LogP contribution in [0.3, 0.4) is 0 Å². The van der Waals surface area contributed by atoms with Gasteiger partial charge < -0.3 is 9.88 Å². The van der Waals surface area contributed by atoms with Gasteiger partial charge in [0, 0.05) is 35.7 Å². The van der Waals surface area contributed by atoms with Crippen molar-refractivity contribution in [3.63, 3.8) is 0 Å². The second kappa shape index (κ2) is 5.24. The third-order valence-corrected chi connectivity index (χ3v) is 3.83. The van der Waals surface area contributed by atoms with Gasteiger partial charge in [0.1, 0.15) is 0 Å². The SMILES string of the molecule is O=C(NCCn1ccnc1)c1ccc2sccc2c1. The third-order valence-electron chi connectivity index (χ3n) is 2.93. The van der Waals surface area contributed by atoms with Crippen LogP contribution in [0.4, 0.5) is 0 Å². The van der Waals surface area contributed by atoms with Crippen molar-refractivity contribution in [3.05, 3.63) is 53.9 Å². The smallest absolute Gasteiger partial charge is 0.251 e. The first-order valence-corrected chi connectivity index (χ1v) is 6.92. The van der Waals surface area contributed by atoms with Gasteiger partial charge in [-0.1, -0.05) is 0 Å². The lowest BCUT2D eigenvalue weighted by atomic mass is 10.1. The first kappa shape index (κ1) is 11.9. The molecule has 3 rings (SSSR count). The van der Waals surface area contributed by atoms with Crippen LogP contribution in [-0.2, 0) is 6.54 Å². The van der Waals surface area contributed by atoms with Crippen molar-refractivity contribution in [1.29, 1.82) is 0 Å². The molecule has 96 valence electrons. The average Bonchev–Trinajstić information content (AvgIpc) is 3.08. The largest absolute Gasteiger partial charge is 0.350 e. The summed E-state index contributed by atoms with van der Waals surface area (Å²) in [6, 6.07) is 7.82. The summed E-state index contributed by atoms with van der Waals surface area (Å²) in [5, 5.41) is 6.06. The number of hydrogen-bond donors (Lipinski definition) is 1. The van der Waals surface area contributed by atoms with Gasteiger partial charge in [-0.05, 0) is 35.0 Å². The van der Waals surface area contributed by atoms with Gasteiger partial charge in [-0.15, -0.1) is 11.3 Å². The Morgan fingerprint density at radius 2 is 2.32 bits per heavy atom. The lowest BCUT2D eigenvalue weighted by Crippen LogP contribution is -2.26. The summed E-state index contributed by atoms with van der Waals surface area (Å²) in [7, 11) is 0. The molecule has 1 N–H and O–H groups in total. The number of hydrogen-bond acceptors (Lipinski definition) is 3. The van der Waals surface area contributed by atoms with Gasteiger partial charge in [0.15, 0.2) is 0 Å². The molecular formula is C14H13N3OS. The van der Waals surface area contributed by atoms with Crippen molar-refractivity contribution >= 4 is 27.3 Å². The summed E-state index contributed by atoms with van der Waals surface area (Å²) >= 11 is 1.68. The molecule has 0 aliphatic heterocycles. The summed E-state index contributed by atoms with van der Waals surface area (Å²) < 4.78 is 3.14. The Kier molecular flexibility index (Phi) is 3.29. The van der Waals surface area contributed by atoms with E-state index >= 15 is 0 Å². The molecule has 0 aliphatic rings. The fraction of sp³-hybridized carbons (Fsp3) is 0.143. The number of nitrogens with one attached hydrogen (secondary N) is 1. The van der Waals surface area contributed by atoms with Gasteiger partial charge in [-0.25, -0.2) is 4.98 Å². The molecule has 1 aromatic carbocycles. The minimum atomic E-state index is -0.0341. The van der Waals surface area contributed by atoms with Crippen LogP contribution in [0.5, 0.6) is 0 Å². The Labute approximate surface area is 114 Å². The summed E-state index contributed by atoms with van der Waals surface area (Å²) in [5.74, 6) is -0.0341. The molecule has 2 aromatic heterocycles. The lowest BCUT2D eigenvalue weighted by molar-refractivity contribution is 0.0952. The van der Waals surface area contributed by atoms with Gasteiger partial charge in [-0.2, -0.15) is 0 Å². The number of imidazole rings is 1. The first-order valence-electron chi connectivity index (χ1n) is 6.04. The molecule has 2 heterocycles. The highest BCUT2D eigenvalue weighted by Gasteiger charge is 2.06. The van der Waals surface area contributed by atoms with Gasteiger partial charge in [-0.3, -0.25) is 4.79 Å². The van der Waals surface area contributed by atoms with Crippen LogP contribution in [0.25, 0.3) is 10.1 Å². The van der Waals surface area contributed by atoms with E-state index in [9.17, 15) is 4.79 Å². The summed E-state index contributed by atoms with van der Waals surface area (Å²) in [5.41, 5.74) is 0.705. The van der Waals surface area contributed by atoms with E-state index in [-0.39, 0.29) is 5.91 Å². The van der Waals surface area contributed by atoms with Crippen molar-refractivity contribution in [2.45, 2.75) is 6.54 Å². The molecule has 0 radical (unpaired) electrons. The molecule has 4 nitrogen and oxygen atoms in total. The van der Waals surface area contributed by atoms with Crippen molar-refractivity contribution in [2.75, 3.05) is 6.54 Å². The fourth-order valence-corrected chi connectivity index (χ4v) is 2.70. The zero-order chi connectivity index (χ0) is 13.1. The van der Waals surface area contributed by atoms with Crippen molar-refractivity contribution in [1.82, 2.24) is 14.9 Å². The number of rotatable bonds is 4. The Bertz CT molecular complexity index is 688. The molecule has 0 unspecified atom stereocenters. The molecular weight excluding hydrogens is 258 g/mol. The number of carbonyl (C=O) groups excluding carboxylic acids is 1. The summed E-state index contributed by atoms with van der Waals surface area (Å²) in [6.45, 7) is 1.32. The molecule has 0 spiro atoms. The highest BCUT2D eigenvalue weighted by atomic mass is 32.1. The molecule has 0 atom stereocenters. The van der Waals surface area contributed by atoms with E-state index in [1.165, 1.54) is 4.70 Å². The predicted molar refractivity (Wildman–Crippen MR) is 76.4 cm³/mol. The molecule has 1 amide bonds. The molecule has 0 fully saturated rings. The second-order valence-corrected chi connectivity index (χ2v) is 5.18. The molecule has 0 saturated carbocycles. The highest BCUT2D eigenvalue weighted by Crippen LogP contribution is 2.21. The van der Waals surface area contributed by atoms with E-state index < -0.39 is 0 Å². The lowest BCUT2D eigenvalue weighted by Gasteiger charge is -2.06. The van der Waals surface area contributed by atoms with E-state index in [0.717, 1.165) is 11.9 Å². The standard InChI is InChI=1S/C14H13N3OS/c18-14(16-5-7-17-6-4-15-10-17)12-1-2-13-11(9-12)3-8-19-13/h1-4,6,8-10H,5,7H2,(H,16,18). The van der Waals surface area contributed by atoms with E-state index in [4.69, 9.17) is 0 Å². The average molecular weight is 271 g/mol. The van der Waals surface area contributed by atoms with Crippen LogP contribution in [0.15, 0.2) is 48.4 Å². The van der Waals surface area contributed by atoms with Crippen molar-refractivity contribution in [3.8, 4) is 0 Å². The van der Waals surface area contributed by atoms with Crippen molar-refractivity contribution in [2.24, 2.45) is 0 Å². The molecule has 3 aromatic rings. The molecule has 5 heteroatoms. The van der Waals surface area contributed by atoms with E-state index in [0.29, 0.717) is 12.1 Å². The van der Waals surface area contributed by atoms with E-state index in [1.54, 1.807) is 23.9 Å². The number of aromatic nitrogens is 2. The predicted octanol–water partition coefficient (Wildman–Crippen LogP) is 2.53. The minimum absolute atomic E-state index is 0.0341. The Hall–Kier alpha value is -2.14. The molecule has 0 aliphatic carbocycles. The number of thiophene rings is 1.